The molecule has 20 heavy (non-hydrogen) atoms. The van der Waals surface area contributed by atoms with Crippen LogP contribution in [-0.4, -0.2) is 28.6 Å². The Hall–Kier alpha value is -1.71. The van der Waals surface area contributed by atoms with E-state index in [9.17, 15) is 5.11 Å². The fourth-order valence-corrected chi connectivity index (χ4v) is 2.38. The average Bonchev–Trinajstić information content (AvgIpc) is 2.42. The van der Waals surface area contributed by atoms with Gasteiger partial charge in [0.25, 0.3) is 0 Å². The largest absolute Gasteiger partial charge is 0.387 e. The van der Waals surface area contributed by atoms with Crippen molar-refractivity contribution in [2.75, 3.05) is 13.6 Å². The first-order valence-corrected chi connectivity index (χ1v) is 6.89. The zero-order chi connectivity index (χ0) is 14.5. The zero-order valence-corrected chi connectivity index (χ0v) is 12.4. The lowest BCUT2D eigenvalue weighted by atomic mass is 10.0. The van der Waals surface area contributed by atoms with Gasteiger partial charge in [-0.15, -0.1) is 0 Å². The van der Waals surface area contributed by atoms with Crippen molar-refractivity contribution < 1.29 is 5.11 Å². The molecule has 0 aliphatic rings. The Morgan fingerprint density at radius 2 is 2.05 bits per heavy atom. The molecule has 1 unspecified atom stereocenters. The van der Waals surface area contributed by atoms with Crippen molar-refractivity contribution in [2.45, 2.75) is 26.5 Å². The maximum atomic E-state index is 10.4. The van der Waals surface area contributed by atoms with E-state index in [0.717, 1.165) is 23.2 Å². The summed E-state index contributed by atoms with van der Waals surface area (Å²) in [6, 6.07) is 10.2. The molecule has 106 valence electrons. The lowest BCUT2D eigenvalue weighted by molar-refractivity contribution is 0.123. The summed E-state index contributed by atoms with van der Waals surface area (Å²) < 4.78 is 0. The predicted octanol–water partition coefficient (Wildman–Crippen LogP) is 2.86. The molecule has 3 nitrogen and oxygen atoms in total. The van der Waals surface area contributed by atoms with Gasteiger partial charge in [-0.25, -0.2) is 0 Å². The van der Waals surface area contributed by atoms with Gasteiger partial charge in [-0.05, 0) is 43.7 Å². The standard InChI is InChI=1S/C17H22N2O/c1-13-6-7-14(2)16(9-13)17(20)12-19(3)11-15-5-4-8-18-10-15/h4-10,17,20H,11-12H2,1-3H3. The second-order valence-corrected chi connectivity index (χ2v) is 5.43. The first kappa shape index (κ1) is 14.7. The van der Waals surface area contributed by atoms with Crippen LogP contribution in [0, 0.1) is 13.8 Å². The second-order valence-electron chi connectivity index (χ2n) is 5.43. The van der Waals surface area contributed by atoms with Gasteiger partial charge in [0.15, 0.2) is 0 Å². The molecular formula is C17H22N2O. The summed E-state index contributed by atoms with van der Waals surface area (Å²) in [5, 5.41) is 10.4. The number of aliphatic hydroxyl groups excluding tert-OH is 1. The van der Waals surface area contributed by atoms with Gasteiger partial charge in [-0.2, -0.15) is 0 Å². The average molecular weight is 270 g/mol. The SMILES string of the molecule is Cc1ccc(C)c(C(O)CN(C)Cc2cccnc2)c1. The number of hydrogen-bond donors (Lipinski definition) is 1. The van der Waals surface area contributed by atoms with Gasteiger partial charge in [-0.1, -0.05) is 29.8 Å². The quantitative estimate of drug-likeness (QED) is 0.907. The molecule has 1 N–H and O–H groups in total. The fraction of sp³-hybridized carbons (Fsp3) is 0.353. The molecule has 1 heterocycles. The van der Waals surface area contributed by atoms with E-state index in [1.165, 1.54) is 5.56 Å². The molecule has 1 aromatic heterocycles. The van der Waals surface area contributed by atoms with Gasteiger partial charge in [0, 0.05) is 25.5 Å². The highest BCUT2D eigenvalue weighted by Gasteiger charge is 2.13. The molecule has 0 saturated heterocycles. The van der Waals surface area contributed by atoms with E-state index in [1.54, 1.807) is 6.20 Å². The molecule has 0 fully saturated rings. The highest BCUT2D eigenvalue weighted by Crippen LogP contribution is 2.20. The van der Waals surface area contributed by atoms with Crippen LogP contribution < -0.4 is 0 Å². The van der Waals surface area contributed by atoms with Crippen LogP contribution in [0.2, 0.25) is 0 Å². The number of likely N-dealkylation sites (N-methyl/N-ethyl adjacent to an activating group) is 1. The third-order valence-corrected chi connectivity index (χ3v) is 3.45. The van der Waals surface area contributed by atoms with Crippen LogP contribution in [0.4, 0.5) is 0 Å². The summed E-state index contributed by atoms with van der Waals surface area (Å²) >= 11 is 0. The van der Waals surface area contributed by atoms with Crippen LogP contribution in [0.25, 0.3) is 0 Å². The molecule has 2 rings (SSSR count). The first-order valence-electron chi connectivity index (χ1n) is 6.89. The van der Waals surface area contributed by atoms with E-state index in [1.807, 2.05) is 32.3 Å². The Morgan fingerprint density at radius 3 is 2.75 bits per heavy atom. The van der Waals surface area contributed by atoms with Crippen molar-refractivity contribution in [1.29, 1.82) is 0 Å². The Bertz CT molecular complexity index is 554. The van der Waals surface area contributed by atoms with Gasteiger partial charge in [-0.3, -0.25) is 9.88 Å². The summed E-state index contributed by atoms with van der Waals surface area (Å²) in [6.45, 7) is 5.49. The van der Waals surface area contributed by atoms with Crippen LogP contribution in [0.15, 0.2) is 42.7 Å². The maximum Gasteiger partial charge on any atom is 0.0919 e. The van der Waals surface area contributed by atoms with Gasteiger partial charge in [0.1, 0.15) is 0 Å². The monoisotopic (exact) mass is 270 g/mol. The summed E-state index contributed by atoms with van der Waals surface area (Å²) in [5.41, 5.74) is 4.49. The minimum Gasteiger partial charge on any atom is -0.387 e. The minimum absolute atomic E-state index is 0.462. The van der Waals surface area contributed by atoms with Crippen LogP contribution in [-0.2, 0) is 6.54 Å². The van der Waals surface area contributed by atoms with Crippen molar-refractivity contribution in [3.05, 3.63) is 65.0 Å². The van der Waals surface area contributed by atoms with Gasteiger partial charge < -0.3 is 5.11 Å². The maximum absolute atomic E-state index is 10.4. The van der Waals surface area contributed by atoms with Crippen molar-refractivity contribution in [3.63, 3.8) is 0 Å². The number of benzene rings is 1. The van der Waals surface area contributed by atoms with E-state index in [-0.39, 0.29) is 0 Å². The van der Waals surface area contributed by atoms with E-state index >= 15 is 0 Å². The predicted molar refractivity (Wildman–Crippen MR) is 81.4 cm³/mol. The van der Waals surface area contributed by atoms with Crippen LogP contribution in [0.3, 0.4) is 0 Å². The van der Waals surface area contributed by atoms with E-state index in [2.05, 4.69) is 35.0 Å². The third kappa shape index (κ3) is 3.89. The Kier molecular flexibility index (Phi) is 4.88. The minimum atomic E-state index is -0.462. The first-order chi connectivity index (χ1) is 9.56. The third-order valence-electron chi connectivity index (χ3n) is 3.45. The smallest absolute Gasteiger partial charge is 0.0919 e. The van der Waals surface area contributed by atoms with Crippen molar-refractivity contribution >= 4 is 0 Å². The highest BCUT2D eigenvalue weighted by molar-refractivity contribution is 5.32. The molecule has 0 amide bonds. The van der Waals surface area contributed by atoms with Crippen LogP contribution >= 0.6 is 0 Å². The van der Waals surface area contributed by atoms with E-state index in [4.69, 9.17) is 0 Å². The summed E-state index contributed by atoms with van der Waals surface area (Å²) in [5.74, 6) is 0. The highest BCUT2D eigenvalue weighted by atomic mass is 16.3. The number of aliphatic hydroxyl groups is 1. The van der Waals surface area contributed by atoms with Gasteiger partial charge >= 0.3 is 0 Å². The number of pyridine rings is 1. The lowest BCUT2D eigenvalue weighted by Crippen LogP contribution is -2.24. The Morgan fingerprint density at radius 1 is 1.25 bits per heavy atom. The Labute approximate surface area is 120 Å². The molecule has 1 atom stereocenters. The molecule has 3 heteroatoms. The number of hydrogen-bond acceptors (Lipinski definition) is 3. The van der Waals surface area contributed by atoms with Crippen LogP contribution in [0.5, 0.6) is 0 Å². The molecular weight excluding hydrogens is 248 g/mol. The number of aryl methyl sites for hydroxylation is 2. The molecule has 2 aromatic rings. The van der Waals surface area contributed by atoms with Crippen molar-refractivity contribution in [3.8, 4) is 0 Å². The van der Waals surface area contributed by atoms with Crippen molar-refractivity contribution in [2.24, 2.45) is 0 Å². The summed E-state index contributed by atoms with van der Waals surface area (Å²) in [6.07, 6.45) is 3.17. The Balaban J connectivity index is 2.00. The molecule has 0 saturated carbocycles. The zero-order valence-electron chi connectivity index (χ0n) is 12.4. The van der Waals surface area contributed by atoms with Crippen LogP contribution in [0.1, 0.15) is 28.4 Å². The van der Waals surface area contributed by atoms with E-state index < -0.39 is 6.10 Å². The number of nitrogens with zero attached hydrogens (tertiary/aromatic N) is 2. The number of aromatic nitrogens is 1. The van der Waals surface area contributed by atoms with E-state index in [0.29, 0.717) is 6.54 Å². The molecule has 0 aliphatic carbocycles. The molecule has 0 aliphatic heterocycles. The van der Waals surface area contributed by atoms with Gasteiger partial charge in [0.2, 0.25) is 0 Å². The van der Waals surface area contributed by atoms with Gasteiger partial charge in [0.05, 0.1) is 6.10 Å². The topological polar surface area (TPSA) is 36.4 Å². The molecule has 0 bridgehead atoms. The molecule has 0 radical (unpaired) electrons. The normalized spacial score (nSPS) is 12.7. The summed E-state index contributed by atoms with van der Waals surface area (Å²) in [7, 11) is 2.02. The second kappa shape index (κ2) is 6.64. The lowest BCUT2D eigenvalue weighted by Gasteiger charge is -2.22. The number of rotatable bonds is 5. The fourth-order valence-electron chi connectivity index (χ4n) is 2.38. The summed E-state index contributed by atoms with van der Waals surface area (Å²) in [4.78, 5) is 6.23. The molecule has 0 spiro atoms. The van der Waals surface area contributed by atoms with Crippen molar-refractivity contribution in [1.82, 2.24) is 9.88 Å². The molecule has 1 aromatic carbocycles.